The van der Waals surface area contributed by atoms with Crippen LogP contribution in [0.2, 0.25) is 0 Å². The fraction of sp³-hybridized carbons (Fsp3) is 0.400. The maximum Gasteiger partial charge on any atom is 0.248 e. The molecule has 0 unspecified atom stereocenters. The number of alkyl halides is 2. The van der Waals surface area contributed by atoms with Gasteiger partial charge in [-0.1, -0.05) is 22.0 Å². The van der Waals surface area contributed by atoms with Crippen molar-refractivity contribution >= 4 is 15.9 Å². The van der Waals surface area contributed by atoms with Crippen molar-refractivity contribution in [2.45, 2.75) is 19.3 Å². The van der Waals surface area contributed by atoms with Crippen LogP contribution in [0.25, 0.3) is 0 Å². The van der Waals surface area contributed by atoms with Crippen LogP contribution >= 0.6 is 15.9 Å². The van der Waals surface area contributed by atoms with Crippen LogP contribution in [0, 0.1) is 0 Å². The van der Waals surface area contributed by atoms with Crippen molar-refractivity contribution in [3.63, 3.8) is 0 Å². The molecule has 1 nitrogen and oxygen atoms in total. The van der Waals surface area contributed by atoms with E-state index < -0.39 is 5.92 Å². The molecule has 0 bridgehead atoms. The summed E-state index contributed by atoms with van der Waals surface area (Å²) in [5.74, 6) is -2.06. The van der Waals surface area contributed by atoms with Crippen LogP contribution in [0.1, 0.15) is 13.3 Å². The molecule has 1 aromatic carbocycles. The summed E-state index contributed by atoms with van der Waals surface area (Å²) < 4.78 is 30.9. The van der Waals surface area contributed by atoms with E-state index in [1.165, 1.54) is 0 Å². The van der Waals surface area contributed by atoms with E-state index in [2.05, 4.69) is 15.9 Å². The minimum atomic E-state index is -2.66. The maximum atomic E-state index is 12.4. The number of hydrogen-bond donors (Lipinski definition) is 0. The molecule has 0 saturated carbocycles. The van der Waals surface area contributed by atoms with Gasteiger partial charge in [0, 0.05) is 10.9 Å². The molecule has 0 aromatic heterocycles. The highest BCUT2D eigenvalue weighted by Crippen LogP contribution is 2.20. The van der Waals surface area contributed by atoms with Gasteiger partial charge in [0.25, 0.3) is 0 Å². The maximum absolute atomic E-state index is 12.4. The van der Waals surface area contributed by atoms with Gasteiger partial charge in [-0.05, 0) is 25.1 Å². The van der Waals surface area contributed by atoms with Crippen molar-refractivity contribution < 1.29 is 13.5 Å². The fourth-order valence-electron chi connectivity index (χ4n) is 0.905. The Balaban J connectivity index is 2.39. The van der Waals surface area contributed by atoms with Gasteiger partial charge in [0.15, 0.2) is 0 Å². The Hall–Kier alpha value is -0.640. The SMILES string of the molecule is CC(F)(F)CCOc1cccc(Br)c1. The molecular weight excluding hydrogens is 254 g/mol. The molecule has 0 N–H and O–H groups in total. The molecule has 0 atom stereocenters. The molecule has 0 radical (unpaired) electrons. The first-order chi connectivity index (χ1) is 6.47. The molecular formula is C10H11BrF2O. The summed E-state index contributed by atoms with van der Waals surface area (Å²) in [6.45, 7) is 0.914. The van der Waals surface area contributed by atoms with Crippen LogP contribution in [0.5, 0.6) is 5.75 Å². The predicted octanol–water partition coefficient (Wildman–Crippen LogP) is 3.87. The summed E-state index contributed by atoms with van der Waals surface area (Å²) >= 11 is 3.27. The first kappa shape index (κ1) is 11.4. The van der Waals surface area contributed by atoms with Gasteiger partial charge >= 0.3 is 0 Å². The van der Waals surface area contributed by atoms with Crippen molar-refractivity contribution in [3.8, 4) is 5.75 Å². The number of ether oxygens (including phenoxy) is 1. The molecule has 0 heterocycles. The first-order valence-electron chi connectivity index (χ1n) is 4.23. The summed E-state index contributed by atoms with van der Waals surface area (Å²) in [5, 5.41) is 0. The Kier molecular flexibility index (Phi) is 3.86. The highest BCUT2D eigenvalue weighted by molar-refractivity contribution is 9.10. The van der Waals surface area contributed by atoms with Crippen molar-refractivity contribution in [2.75, 3.05) is 6.61 Å². The summed E-state index contributed by atoms with van der Waals surface area (Å²) in [6, 6.07) is 7.12. The average molecular weight is 265 g/mol. The Morgan fingerprint density at radius 1 is 1.43 bits per heavy atom. The Labute approximate surface area is 90.2 Å². The van der Waals surface area contributed by atoms with Crippen molar-refractivity contribution in [1.82, 2.24) is 0 Å². The van der Waals surface area contributed by atoms with Gasteiger partial charge in [0.1, 0.15) is 5.75 Å². The van der Waals surface area contributed by atoms with E-state index in [0.29, 0.717) is 5.75 Å². The highest BCUT2D eigenvalue weighted by atomic mass is 79.9. The Morgan fingerprint density at radius 2 is 2.14 bits per heavy atom. The Bertz CT molecular complexity index is 296. The molecule has 1 rings (SSSR count). The van der Waals surface area contributed by atoms with Gasteiger partial charge < -0.3 is 4.74 Å². The number of rotatable bonds is 4. The summed E-state index contributed by atoms with van der Waals surface area (Å²) in [5.41, 5.74) is 0. The van der Waals surface area contributed by atoms with Gasteiger partial charge in [-0.2, -0.15) is 0 Å². The number of benzene rings is 1. The van der Waals surface area contributed by atoms with Crippen LogP contribution in [0.4, 0.5) is 8.78 Å². The van der Waals surface area contributed by atoms with Crippen LogP contribution < -0.4 is 4.74 Å². The normalized spacial score (nSPS) is 11.4. The van der Waals surface area contributed by atoms with Crippen LogP contribution in [-0.2, 0) is 0 Å². The second-order valence-corrected chi connectivity index (χ2v) is 4.04. The van der Waals surface area contributed by atoms with Gasteiger partial charge in [0.05, 0.1) is 6.61 Å². The van der Waals surface area contributed by atoms with E-state index in [1.54, 1.807) is 18.2 Å². The molecule has 1 aromatic rings. The van der Waals surface area contributed by atoms with E-state index in [0.717, 1.165) is 11.4 Å². The van der Waals surface area contributed by atoms with E-state index in [-0.39, 0.29) is 13.0 Å². The minimum Gasteiger partial charge on any atom is -0.493 e. The van der Waals surface area contributed by atoms with E-state index in [1.807, 2.05) is 6.07 Å². The lowest BCUT2D eigenvalue weighted by Gasteiger charge is -2.11. The molecule has 0 aliphatic rings. The predicted molar refractivity (Wildman–Crippen MR) is 54.9 cm³/mol. The summed E-state index contributed by atoms with van der Waals surface area (Å²) in [7, 11) is 0. The second-order valence-electron chi connectivity index (χ2n) is 3.13. The molecule has 78 valence electrons. The molecule has 0 amide bonds. The zero-order valence-corrected chi connectivity index (χ0v) is 9.35. The van der Waals surface area contributed by atoms with Gasteiger partial charge in [-0.25, -0.2) is 8.78 Å². The van der Waals surface area contributed by atoms with Crippen LogP contribution in [-0.4, -0.2) is 12.5 Å². The Morgan fingerprint density at radius 3 is 2.71 bits per heavy atom. The minimum absolute atomic E-state index is 0.0277. The van der Waals surface area contributed by atoms with E-state index in [9.17, 15) is 8.78 Å². The number of hydrogen-bond acceptors (Lipinski definition) is 1. The van der Waals surface area contributed by atoms with E-state index >= 15 is 0 Å². The third kappa shape index (κ3) is 4.56. The molecule has 0 aliphatic carbocycles. The first-order valence-corrected chi connectivity index (χ1v) is 5.03. The largest absolute Gasteiger partial charge is 0.493 e. The average Bonchev–Trinajstić information content (AvgIpc) is 2.01. The third-order valence-corrected chi connectivity index (χ3v) is 2.10. The van der Waals surface area contributed by atoms with E-state index in [4.69, 9.17) is 4.74 Å². The van der Waals surface area contributed by atoms with Gasteiger partial charge in [0.2, 0.25) is 5.92 Å². The monoisotopic (exact) mass is 264 g/mol. The van der Waals surface area contributed by atoms with Crippen LogP contribution in [0.3, 0.4) is 0 Å². The second kappa shape index (κ2) is 4.73. The molecule has 14 heavy (non-hydrogen) atoms. The van der Waals surface area contributed by atoms with Crippen molar-refractivity contribution in [3.05, 3.63) is 28.7 Å². The summed E-state index contributed by atoms with van der Waals surface area (Å²) in [6.07, 6.45) is -0.264. The van der Waals surface area contributed by atoms with Gasteiger partial charge in [-0.3, -0.25) is 0 Å². The van der Waals surface area contributed by atoms with Crippen molar-refractivity contribution in [1.29, 1.82) is 0 Å². The van der Waals surface area contributed by atoms with Gasteiger partial charge in [-0.15, -0.1) is 0 Å². The molecule has 0 aliphatic heterocycles. The molecule has 0 spiro atoms. The molecule has 0 saturated heterocycles. The number of halogens is 3. The standard InChI is InChI=1S/C10H11BrF2O/c1-10(12,13)5-6-14-9-4-2-3-8(11)7-9/h2-4,7H,5-6H2,1H3. The quantitative estimate of drug-likeness (QED) is 0.802. The smallest absolute Gasteiger partial charge is 0.248 e. The topological polar surface area (TPSA) is 9.23 Å². The lowest BCUT2D eigenvalue weighted by Crippen LogP contribution is -2.14. The lowest BCUT2D eigenvalue weighted by molar-refractivity contribution is 0.000861. The third-order valence-electron chi connectivity index (χ3n) is 1.61. The lowest BCUT2D eigenvalue weighted by atomic mass is 10.3. The van der Waals surface area contributed by atoms with Crippen LogP contribution in [0.15, 0.2) is 28.7 Å². The zero-order chi connectivity index (χ0) is 10.6. The highest BCUT2D eigenvalue weighted by Gasteiger charge is 2.20. The van der Waals surface area contributed by atoms with Crippen molar-refractivity contribution in [2.24, 2.45) is 0 Å². The molecule has 4 heteroatoms. The summed E-state index contributed by atoms with van der Waals surface area (Å²) in [4.78, 5) is 0. The zero-order valence-electron chi connectivity index (χ0n) is 7.77. The molecule has 0 fully saturated rings. The fourth-order valence-corrected chi connectivity index (χ4v) is 1.28.